The number of H-pyrrole nitrogens is 1. The van der Waals surface area contributed by atoms with Crippen molar-refractivity contribution in [1.29, 1.82) is 0 Å². The lowest BCUT2D eigenvalue weighted by atomic mass is 9.94. The van der Waals surface area contributed by atoms with Crippen molar-refractivity contribution in [1.82, 2.24) is 20.0 Å². The highest BCUT2D eigenvalue weighted by Crippen LogP contribution is 2.31. The number of aromatic amines is 1. The maximum Gasteiger partial charge on any atom is 0.274 e. The Bertz CT molecular complexity index is 615. The zero-order valence-electron chi connectivity index (χ0n) is 15.5. The Morgan fingerprint density at radius 3 is 2.56 bits per heavy atom. The Balaban J connectivity index is 1.41. The molecule has 1 N–H and O–H groups in total. The van der Waals surface area contributed by atoms with Crippen molar-refractivity contribution in [3.05, 3.63) is 17.0 Å². The summed E-state index contributed by atoms with van der Waals surface area (Å²) < 4.78 is 5.83. The summed E-state index contributed by atoms with van der Waals surface area (Å²) in [5.74, 6) is 0.0853. The van der Waals surface area contributed by atoms with E-state index < -0.39 is 0 Å². The summed E-state index contributed by atoms with van der Waals surface area (Å²) in [7, 11) is 0. The normalized spacial score (nSPS) is 28.8. The minimum Gasteiger partial charge on any atom is -0.369 e. The highest BCUT2D eigenvalue weighted by molar-refractivity contribution is 5.94. The van der Waals surface area contributed by atoms with Gasteiger partial charge in [-0.1, -0.05) is 19.3 Å². The largest absolute Gasteiger partial charge is 0.369 e. The molecule has 0 bridgehead atoms. The fourth-order valence-corrected chi connectivity index (χ4v) is 4.74. The molecule has 138 valence electrons. The molecule has 1 aliphatic carbocycles. The maximum atomic E-state index is 13.0. The Hall–Kier alpha value is -1.40. The Morgan fingerprint density at radius 2 is 1.84 bits per heavy atom. The third-order valence-electron chi connectivity index (χ3n) is 6.13. The average molecular weight is 346 g/mol. The first-order valence-electron chi connectivity index (χ1n) is 9.89. The summed E-state index contributed by atoms with van der Waals surface area (Å²) >= 11 is 0. The molecule has 0 spiro atoms. The molecule has 3 heterocycles. The van der Waals surface area contributed by atoms with Gasteiger partial charge in [-0.15, -0.1) is 0 Å². The minimum absolute atomic E-state index is 0.0176. The highest BCUT2D eigenvalue weighted by Gasteiger charge is 2.33. The van der Waals surface area contributed by atoms with Crippen LogP contribution in [0.3, 0.4) is 0 Å². The van der Waals surface area contributed by atoms with Crippen molar-refractivity contribution in [3.63, 3.8) is 0 Å². The lowest BCUT2D eigenvalue weighted by Crippen LogP contribution is -2.52. The maximum absolute atomic E-state index is 13.0. The van der Waals surface area contributed by atoms with Crippen molar-refractivity contribution in [2.45, 2.75) is 70.6 Å². The zero-order valence-corrected chi connectivity index (χ0v) is 15.5. The molecule has 1 saturated carbocycles. The molecule has 1 amide bonds. The molecule has 0 aromatic carbocycles. The van der Waals surface area contributed by atoms with Crippen LogP contribution in [0.2, 0.25) is 0 Å². The standard InChI is InChI=1S/C19H30N4O2/c1-13-12-16-17(14(2)25-13)20-21-18(16)19(24)23-10-8-22(9-11-23)15-6-4-3-5-7-15/h13-15H,3-12H2,1-2H3,(H,20,21)/t13-,14+/m1/s1. The molecule has 1 aromatic rings. The van der Waals surface area contributed by atoms with E-state index in [2.05, 4.69) is 22.0 Å². The van der Waals surface area contributed by atoms with E-state index in [1.165, 1.54) is 32.1 Å². The van der Waals surface area contributed by atoms with Crippen molar-refractivity contribution >= 4 is 5.91 Å². The van der Waals surface area contributed by atoms with Gasteiger partial charge >= 0.3 is 0 Å². The zero-order chi connectivity index (χ0) is 17.4. The topological polar surface area (TPSA) is 61.5 Å². The van der Waals surface area contributed by atoms with E-state index in [4.69, 9.17) is 4.74 Å². The van der Waals surface area contributed by atoms with Gasteiger partial charge in [-0.05, 0) is 26.7 Å². The molecular weight excluding hydrogens is 316 g/mol. The van der Waals surface area contributed by atoms with Crippen molar-refractivity contribution < 1.29 is 9.53 Å². The van der Waals surface area contributed by atoms with E-state index >= 15 is 0 Å². The number of rotatable bonds is 2. The number of hydrogen-bond acceptors (Lipinski definition) is 4. The number of carbonyl (C=O) groups excluding carboxylic acids is 1. The monoisotopic (exact) mass is 346 g/mol. The molecule has 25 heavy (non-hydrogen) atoms. The van der Waals surface area contributed by atoms with Gasteiger partial charge < -0.3 is 9.64 Å². The van der Waals surface area contributed by atoms with E-state index in [0.717, 1.165) is 49.9 Å². The molecule has 2 aliphatic heterocycles. The molecule has 1 aromatic heterocycles. The van der Waals surface area contributed by atoms with Crippen LogP contribution < -0.4 is 0 Å². The van der Waals surface area contributed by atoms with Gasteiger partial charge in [-0.25, -0.2) is 0 Å². The second-order valence-electron chi connectivity index (χ2n) is 7.88. The number of carbonyl (C=O) groups is 1. The first-order chi connectivity index (χ1) is 12.1. The van der Waals surface area contributed by atoms with Crippen LogP contribution in [0, 0.1) is 0 Å². The molecule has 1 saturated heterocycles. The average Bonchev–Trinajstić information content (AvgIpc) is 3.06. The fourth-order valence-electron chi connectivity index (χ4n) is 4.74. The van der Waals surface area contributed by atoms with Crippen LogP contribution >= 0.6 is 0 Å². The molecule has 0 unspecified atom stereocenters. The molecule has 0 radical (unpaired) electrons. The van der Waals surface area contributed by atoms with Crippen LogP contribution in [-0.2, 0) is 11.2 Å². The van der Waals surface area contributed by atoms with E-state index in [0.29, 0.717) is 5.69 Å². The first-order valence-corrected chi connectivity index (χ1v) is 9.89. The van der Waals surface area contributed by atoms with Crippen molar-refractivity contribution in [2.75, 3.05) is 26.2 Å². The predicted molar refractivity (Wildman–Crippen MR) is 95.6 cm³/mol. The van der Waals surface area contributed by atoms with Crippen molar-refractivity contribution in [2.24, 2.45) is 0 Å². The predicted octanol–water partition coefficient (Wildman–Crippen LogP) is 2.52. The quantitative estimate of drug-likeness (QED) is 0.894. The van der Waals surface area contributed by atoms with Gasteiger partial charge in [0.1, 0.15) is 0 Å². The van der Waals surface area contributed by atoms with Crippen LogP contribution in [0.25, 0.3) is 0 Å². The van der Waals surface area contributed by atoms with Gasteiger partial charge in [0.05, 0.1) is 17.9 Å². The molecule has 4 rings (SSSR count). The summed E-state index contributed by atoms with van der Waals surface area (Å²) in [5.41, 5.74) is 2.65. The van der Waals surface area contributed by atoms with Gasteiger partial charge in [0.15, 0.2) is 5.69 Å². The summed E-state index contributed by atoms with van der Waals surface area (Å²) in [5, 5.41) is 7.40. The van der Waals surface area contributed by atoms with E-state index in [-0.39, 0.29) is 18.1 Å². The lowest BCUT2D eigenvalue weighted by Gasteiger charge is -2.40. The van der Waals surface area contributed by atoms with Crippen LogP contribution in [0.1, 0.15) is 73.8 Å². The minimum atomic E-state index is -0.0176. The Labute approximate surface area is 149 Å². The van der Waals surface area contributed by atoms with Gasteiger partial charge in [0.25, 0.3) is 5.91 Å². The Morgan fingerprint density at radius 1 is 1.12 bits per heavy atom. The number of nitrogens with one attached hydrogen (secondary N) is 1. The van der Waals surface area contributed by atoms with Crippen LogP contribution in [-0.4, -0.2) is 64.2 Å². The third-order valence-corrected chi connectivity index (χ3v) is 6.13. The van der Waals surface area contributed by atoms with Crippen LogP contribution in [0.4, 0.5) is 0 Å². The molecule has 2 fully saturated rings. The number of piperazine rings is 1. The van der Waals surface area contributed by atoms with Gasteiger partial charge in [0.2, 0.25) is 0 Å². The van der Waals surface area contributed by atoms with E-state index in [1.807, 2.05) is 11.8 Å². The van der Waals surface area contributed by atoms with Crippen LogP contribution in [0.5, 0.6) is 0 Å². The number of amides is 1. The van der Waals surface area contributed by atoms with E-state index in [1.54, 1.807) is 0 Å². The second kappa shape index (κ2) is 7.08. The molecule has 6 nitrogen and oxygen atoms in total. The Kier molecular flexibility index (Phi) is 4.82. The number of aromatic nitrogens is 2. The summed E-state index contributed by atoms with van der Waals surface area (Å²) in [6.07, 6.45) is 7.65. The molecule has 3 aliphatic rings. The SMILES string of the molecule is C[C@@H]1Cc2c(C(=O)N3CCN(C4CCCCC4)CC3)n[nH]c2[C@H](C)O1. The summed E-state index contributed by atoms with van der Waals surface area (Å²) in [4.78, 5) is 17.6. The van der Waals surface area contributed by atoms with Crippen molar-refractivity contribution in [3.8, 4) is 0 Å². The van der Waals surface area contributed by atoms with Crippen LogP contribution in [0.15, 0.2) is 0 Å². The highest BCUT2D eigenvalue weighted by atomic mass is 16.5. The summed E-state index contributed by atoms with van der Waals surface area (Å²) in [6.45, 7) is 7.71. The first kappa shape index (κ1) is 17.0. The van der Waals surface area contributed by atoms with Gasteiger partial charge in [0, 0.05) is 44.2 Å². The molecular formula is C19H30N4O2. The summed E-state index contributed by atoms with van der Waals surface area (Å²) in [6, 6.07) is 0.739. The van der Waals surface area contributed by atoms with Gasteiger partial charge in [-0.3, -0.25) is 14.8 Å². The third kappa shape index (κ3) is 3.34. The smallest absolute Gasteiger partial charge is 0.274 e. The lowest BCUT2D eigenvalue weighted by molar-refractivity contribution is -0.00705. The molecule has 6 heteroatoms. The van der Waals surface area contributed by atoms with Gasteiger partial charge in [-0.2, -0.15) is 5.10 Å². The number of ether oxygens (including phenoxy) is 1. The molecule has 2 atom stereocenters. The number of hydrogen-bond donors (Lipinski definition) is 1. The van der Waals surface area contributed by atoms with E-state index in [9.17, 15) is 4.79 Å². The fraction of sp³-hybridized carbons (Fsp3) is 0.789. The second-order valence-corrected chi connectivity index (χ2v) is 7.88. The number of fused-ring (bicyclic) bond motifs is 1. The number of nitrogens with zero attached hydrogens (tertiary/aromatic N) is 3.